The Balaban J connectivity index is 4.39. The minimum Gasteiger partial charge on any atom is -0.462 e. The molecule has 0 aliphatic heterocycles. The summed E-state index contributed by atoms with van der Waals surface area (Å²) in [6, 6.07) is 0. The van der Waals surface area contributed by atoms with Crippen molar-refractivity contribution in [1.29, 1.82) is 0 Å². The van der Waals surface area contributed by atoms with Crippen molar-refractivity contribution in [1.82, 2.24) is 0 Å². The summed E-state index contributed by atoms with van der Waals surface area (Å²) in [6.45, 7) is 6.59. The minimum absolute atomic E-state index is 0.0819. The zero-order valence-electron chi connectivity index (χ0n) is 45.8. The lowest BCUT2D eigenvalue weighted by Gasteiger charge is -2.18. The predicted octanol–water partition coefficient (Wildman–Crippen LogP) is 20.0. The minimum atomic E-state index is -0.785. The number of esters is 3. The summed E-state index contributed by atoms with van der Waals surface area (Å²) in [5.74, 6) is -0.894. The van der Waals surface area contributed by atoms with Gasteiger partial charge in [0.05, 0.1) is 0 Å². The monoisotopic (exact) mass is 965 g/mol. The Morgan fingerprint density at radius 1 is 0.290 bits per heavy atom. The standard InChI is InChI=1S/C63H112O6/c1-4-7-10-13-16-19-22-25-28-30-31-33-35-38-41-44-47-50-53-56-62(65)68-59-60(58-67-61(64)55-52-49-46-43-40-37-34-27-24-21-18-15-12-9-6-3)69-63(66)57-54-51-48-45-42-39-36-32-29-26-23-20-17-14-11-8-5-2/h17-18,20-21,25-29,34,60H,4-16,19,22-24,30-33,35-59H2,1-3H3/b20-17+,21-18+,28-25+,29-26+,34-27+/t60-/m1/s1. The first-order chi connectivity index (χ1) is 34.0. The van der Waals surface area contributed by atoms with Crippen molar-refractivity contribution in [2.45, 2.75) is 309 Å². The maximum Gasteiger partial charge on any atom is 0.306 e. The van der Waals surface area contributed by atoms with Crippen LogP contribution < -0.4 is 0 Å². The molecule has 0 rings (SSSR count). The van der Waals surface area contributed by atoms with Crippen LogP contribution in [0.3, 0.4) is 0 Å². The lowest BCUT2D eigenvalue weighted by Crippen LogP contribution is -2.30. The van der Waals surface area contributed by atoms with Gasteiger partial charge >= 0.3 is 17.9 Å². The van der Waals surface area contributed by atoms with Gasteiger partial charge in [0.15, 0.2) is 6.10 Å². The molecule has 0 bridgehead atoms. The highest BCUT2D eigenvalue weighted by Crippen LogP contribution is 2.15. The average Bonchev–Trinajstić information content (AvgIpc) is 3.35. The fraction of sp³-hybridized carbons (Fsp3) is 0.794. The molecule has 0 N–H and O–H groups in total. The molecule has 6 heteroatoms. The molecule has 0 aliphatic carbocycles. The summed E-state index contributed by atoms with van der Waals surface area (Å²) >= 11 is 0. The van der Waals surface area contributed by atoms with E-state index in [9.17, 15) is 14.4 Å². The quantitative estimate of drug-likeness (QED) is 0.0262. The molecule has 1 atom stereocenters. The largest absolute Gasteiger partial charge is 0.462 e. The van der Waals surface area contributed by atoms with E-state index in [-0.39, 0.29) is 31.1 Å². The summed E-state index contributed by atoms with van der Waals surface area (Å²) < 4.78 is 16.9. The maximum absolute atomic E-state index is 12.9. The normalized spacial score (nSPS) is 12.4. The van der Waals surface area contributed by atoms with Gasteiger partial charge in [0.2, 0.25) is 0 Å². The fourth-order valence-electron chi connectivity index (χ4n) is 8.44. The van der Waals surface area contributed by atoms with Crippen LogP contribution in [0.15, 0.2) is 60.8 Å². The first kappa shape index (κ1) is 66.1. The molecule has 0 spiro atoms. The third-order valence-electron chi connectivity index (χ3n) is 13.0. The smallest absolute Gasteiger partial charge is 0.306 e. The third-order valence-corrected chi connectivity index (χ3v) is 13.0. The van der Waals surface area contributed by atoms with Crippen molar-refractivity contribution in [2.24, 2.45) is 0 Å². The molecule has 0 aromatic heterocycles. The zero-order valence-corrected chi connectivity index (χ0v) is 45.8. The van der Waals surface area contributed by atoms with Gasteiger partial charge in [-0.25, -0.2) is 0 Å². The van der Waals surface area contributed by atoms with E-state index in [1.54, 1.807) is 0 Å². The molecule has 69 heavy (non-hydrogen) atoms. The molecule has 0 saturated heterocycles. The van der Waals surface area contributed by atoms with Crippen molar-refractivity contribution in [3.8, 4) is 0 Å². The Morgan fingerprint density at radius 3 is 0.841 bits per heavy atom. The van der Waals surface area contributed by atoms with E-state index in [0.717, 1.165) is 89.9 Å². The van der Waals surface area contributed by atoms with E-state index < -0.39 is 6.10 Å². The highest BCUT2D eigenvalue weighted by atomic mass is 16.6. The Hall–Kier alpha value is -2.89. The lowest BCUT2D eigenvalue weighted by molar-refractivity contribution is -0.167. The summed E-state index contributed by atoms with van der Waals surface area (Å²) in [4.78, 5) is 38.2. The topological polar surface area (TPSA) is 78.9 Å². The molecule has 0 unspecified atom stereocenters. The maximum atomic E-state index is 12.9. The van der Waals surface area contributed by atoms with Crippen LogP contribution in [0.25, 0.3) is 0 Å². The van der Waals surface area contributed by atoms with Crippen molar-refractivity contribution in [3.05, 3.63) is 60.8 Å². The van der Waals surface area contributed by atoms with Crippen LogP contribution >= 0.6 is 0 Å². The molecule has 0 saturated carbocycles. The van der Waals surface area contributed by atoms with Crippen molar-refractivity contribution in [3.63, 3.8) is 0 Å². The molecule has 0 amide bonds. The number of hydrogen-bond donors (Lipinski definition) is 0. The zero-order chi connectivity index (χ0) is 50.0. The fourth-order valence-corrected chi connectivity index (χ4v) is 8.44. The highest BCUT2D eigenvalue weighted by Gasteiger charge is 2.19. The number of carbonyl (C=O) groups is 3. The van der Waals surface area contributed by atoms with Crippen LogP contribution in [0, 0.1) is 0 Å². The van der Waals surface area contributed by atoms with Crippen LogP contribution in [-0.2, 0) is 28.6 Å². The first-order valence-corrected chi connectivity index (χ1v) is 29.8. The lowest BCUT2D eigenvalue weighted by atomic mass is 10.1. The van der Waals surface area contributed by atoms with Gasteiger partial charge < -0.3 is 14.2 Å². The van der Waals surface area contributed by atoms with Crippen molar-refractivity contribution >= 4 is 17.9 Å². The molecule has 0 fully saturated rings. The van der Waals surface area contributed by atoms with Crippen molar-refractivity contribution in [2.75, 3.05) is 13.2 Å². The molecule has 6 nitrogen and oxygen atoms in total. The third kappa shape index (κ3) is 55.9. The molecule has 400 valence electrons. The van der Waals surface area contributed by atoms with E-state index in [1.807, 2.05) is 0 Å². The van der Waals surface area contributed by atoms with Gasteiger partial charge in [-0.1, -0.05) is 236 Å². The van der Waals surface area contributed by atoms with Crippen molar-refractivity contribution < 1.29 is 28.6 Å². The van der Waals surface area contributed by atoms with Crippen LogP contribution in [-0.4, -0.2) is 37.2 Å². The van der Waals surface area contributed by atoms with Gasteiger partial charge in [0, 0.05) is 19.3 Å². The molecule has 0 radical (unpaired) electrons. The Morgan fingerprint density at radius 2 is 0.522 bits per heavy atom. The second-order valence-electron chi connectivity index (χ2n) is 19.9. The number of rotatable bonds is 54. The Bertz CT molecular complexity index is 1250. The SMILES string of the molecule is CCCCC/C=C/C/C=C/CCCCCCCCCC(=O)O[C@H](COC(=O)CCCCCCC/C=C/C/C=C/CCCCC)COC(=O)CCCCCCCCCCC/C=C/CCCCCCCC. The molecule has 0 aromatic rings. The average molecular weight is 966 g/mol. The number of carbonyl (C=O) groups excluding carboxylic acids is 3. The molecule has 0 aliphatic rings. The number of ether oxygens (including phenoxy) is 3. The van der Waals surface area contributed by atoms with E-state index in [1.165, 1.54) is 173 Å². The van der Waals surface area contributed by atoms with Gasteiger partial charge in [-0.3, -0.25) is 14.4 Å². The van der Waals surface area contributed by atoms with E-state index in [0.29, 0.717) is 19.3 Å². The molecule has 0 heterocycles. The molecular formula is C63H112O6. The Labute approximate surface area is 428 Å². The summed E-state index contributed by atoms with van der Waals surface area (Å²) in [7, 11) is 0. The number of allylic oxidation sites excluding steroid dienone is 10. The number of unbranched alkanes of at least 4 members (excludes halogenated alkanes) is 33. The van der Waals surface area contributed by atoms with Crippen LogP contribution in [0.1, 0.15) is 303 Å². The van der Waals surface area contributed by atoms with Gasteiger partial charge in [-0.15, -0.1) is 0 Å². The predicted molar refractivity (Wildman–Crippen MR) is 298 cm³/mol. The molecular weight excluding hydrogens is 853 g/mol. The van der Waals surface area contributed by atoms with E-state index >= 15 is 0 Å². The second kappa shape index (κ2) is 57.7. The second-order valence-corrected chi connectivity index (χ2v) is 19.9. The summed E-state index contributed by atoms with van der Waals surface area (Å²) in [6.07, 6.45) is 72.0. The van der Waals surface area contributed by atoms with Gasteiger partial charge in [0.1, 0.15) is 13.2 Å². The van der Waals surface area contributed by atoms with Gasteiger partial charge in [-0.2, -0.15) is 0 Å². The van der Waals surface area contributed by atoms with E-state index in [2.05, 4.69) is 81.5 Å². The van der Waals surface area contributed by atoms with Crippen LogP contribution in [0.5, 0.6) is 0 Å². The first-order valence-electron chi connectivity index (χ1n) is 29.8. The highest BCUT2D eigenvalue weighted by molar-refractivity contribution is 5.71. The van der Waals surface area contributed by atoms with Crippen LogP contribution in [0.4, 0.5) is 0 Å². The van der Waals surface area contributed by atoms with Gasteiger partial charge in [0.25, 0.3) is 0 Å². The summed E-state index contributed by atoms with van der Waals surface area (Å²) in [5.41, 5.74) is 0. The van der Waals surface area contributed by atoms with Gasteiger partial charge in [-0.05, 0) is 109 Å². The summed E-state index contributed by atoms with van der Waals surface area (Å²) in [5, 5.41) is 0. The van der Waals surface area contributed by atoms with E-state index in [4.69, 9.17) is 14.2 Å². The Kier molecular flexibility index (Phi) is 55.3. The number of hydrogen-bond acceptors (Lipinski definition) is 6. The van der Waals surface area contributed by atoms with Crippen LogP contribution in [0.2, 0.25) is 0 Å². The molecule has 0 aromatic carbocycles.